The zero-order valence-electron chi connectivity index (χ0n) is 11.0. The molecule has 1 saturated carbocycles. The molecule has 1 saturated heterocycles. The zero-order chi connectivity index (χ0) is 11.2. The highest BCUT2D eigenvalue weighted by Crippen LogP contribution is 2.22. The number of rotatable bonds is 1. The molecule has 1 heterocycles. The first kappa shape index (κ1) is 12.4. The molecule has 1 aliphatic carbocycles. The minimum Gasteiger partial charge on any atom is -0.305 e. The quantitative estimate of drug-likeness (QED) is 0.676. The van der Waals surface area contributed by atoms with Crippen LogP contribution in [-0.2, 0) is 0 Å². The molecule has 0 spiro atoms. The Morgan fingerprint density at radius 3 is 2.12 bits per heavy atom. The number of likely N-dealkylation sites (N-methyl/N-ethyl adjacent to an activating group) is 1. The van der Waals surface area contributed by atoms with Crippen molar-refractivity contribution in [2.24, 2.45) is 0 Å². The second-order valence-corrected chi connectivity index (χ2v) is 5.69. The van der Waals surface area contributed by atoms with Crippen LogP contribution in [0.2, 0.25) is 0 Å². The Morgan fingerprint density at radius 1 is 0.688 bits per heavy atom. The van der Waals surface area contributed by atoms with Crippen molar-refractivity contribution in [2.75, 3.05) is 33.2 Å². The van der Waals surface area contributed by atoms with Crippen LogP contribution in [0.25, 0.3) is 0 Å². The monoisotopic (exact) mass is 224 g/mol. The van der Waals surface area contributed by atoms with Crippen LogP contribution in [0.4, 0.5) is 0 Å². The summed E-state index contributed by atoms with van der Waals surface area (Å²) >= 11 is 0. The Kier molecular flexibility index (Phi) is 5.11. The standard InChI is InChI=1S/C14H28N2/c1-15-10-7-11-16(13-12-15)14-8-5-3-2-4-6-9-14/h14H,2-13H2,1H3. The van der Waals surface area contributed by atoms with E-state index in [9.17, 15) is 0 Å². The molecule has 2 fully saturated rings. The van der Waals surface area contributed by atoms with Crippen molar-refractivity contribution >= 4 is 0 Å². The van der Waals surface area contributed by atoms with Gasteiger partial charge in [0.25, 0.3) is 0 Å². The lowest BCUT2D eigenvalue weighted by molar-refractivity contribution is 0.171. The fourth-order valence-electron chi connectivity index (χ4n) is 3.23. The Hall–Kier alpha value is -0.0800. The van der Waals surface area contributed by atoms with Gasteiger partial charge in [-0.15, -0.1) is 0 Å². The maximum Gasteiger partial charge on any atom is 0.0112 e. The summed E-state index contributed by atoms with van der Waals surface area (Å²) in [5.41, 5.74) is 0. The second-order valence-electron chi connectivity index (χ2n) is 5.69. The third kappa shape index (κ3) is 3.74. The minimum absolute atomic E-state index is 0.909. The van der Waals surface area contributed by atoms with E-state index in [1.54, 1.807) is 0 Å². The van der Waals surface area contributed by atoms with Crippen molar-refractivity contribution in [2.45, 2.75) is 57.4 Å². The number of hydrogen-bond donors (Lipinski definition) is 0. The number of hydrogen-bond acceptors (Lipinski definition) is 2. The normalized spacial score (nSPS) is 28.3. The lowest BCUT2D eigenvalue weighted by Crippen LogP contribution is -2.38. The molecule has 2 heteroatoms. The molecule has 2 nitrogen and oxygen atoms in total. The summed E-state index contributed by atoms with van der Waals surface area (Å²) in [5, 5.41) is 0. The molecule has 0 aromatic rings. The molecule has 2 aliphatic rings. The maximum absolute atomic E-state index is 2.79. The molecule has 1 aliphatic heterocycles. The van der Waals surface area contributed by atoms with Gasteiger partial charge in [0.2, 0.25) is 0 Å². The van der Waals surface area contributed by atoms with E-state index in [4.69, 9.17) is 0 Å². The van der Waals surface area contributed by atoms with Gasteiger partial charge in [-0.2, -0.15) is 0 Å². The fraction of sp³-hybridized carbons (Fsp3) is 1.00. The highest BCUT2D eigenvalue weighted by Gasteiger charge is 2.21. The summed E-state index contributed by atoms with van der Waals surface area (Å²) in [6.07, 6.45) is 11.7. The predicted molar refractivity (Wildman–Crippen MR) is 69.8 cm³/mol. The molecule has 94 valence electrons. The van der Waals surface area contributed by atoms with E-state index < -0.39 is 0 Å². The van der Waals surface area contributed by atoms with Crippen LogP contribution in [0.1, 0.15) is 51.4 Å². The van der Waals surface area contributed by atoms with E-state index >= 15 is 0 Å². The van der Waals surface area contributed by atoms with Crippen LogP contribution in [0.5, 0.6) is 0 Å². The second kappa shape index (κ2) is 6.61. The van der Waals surface area contributed by atoms with E-state index in [1.807, 2.05) is 0 Å². The molecule has 0 N–H and O–H groups in total. The van der Waals surface area contributed by atoms with Crippen LogP contribution in [0.3, 0.4) is 0 Å². The van der Waals surface area contributed by atoms with E-state index in [0.717, 1.165) is 6.04 Å². The summed E-state index contributed by atoms with van der Waals surface area (Å²) in [6.45, 7) is 5.22. The third-order valence-electron chi connectivity index (χ3n) is 4.35. The van der Waals surface area contributed by atoms with Crippen LogP contribution in [0, 0.1) is 0 Å². The van der Waals surface area contributed by atoms with Gasteiger partial charge in [-0.1, -0.05) is 32.1 Å². The topological polar surface area (TPSA) is 6.48 Å². The van der Waals surface area contributed by atoms with Gasteiger partial charge in [-0.25, -0.2) is 0 Å². The van der Waals surface area contributed by atoms with Crippen molar-refractivity contribution in [1.29, 1.82) is 0 Å². The first-order valence-corrected chi connectivity index (χ1v) is 7.29. The Bertz CT molecular complexity index is 182. The van der Waals surface area contributed by atoms with E-state index in [0.29, 0.717) is 0 Å². The Labute approximate surface area is 101 Å². The molecule has 2 rings (SSSR count). The van der Waals surface area contributed by atoms with Crippen molar-refractivity contribution in [3.8, 4) is 0 Å². The van der Waals surface area contributed by atoms with Crippen molar-refractivity contribution in [1.82, 2.24) is 9.80 Å². The first-order chi connectivity index (χ1) is 7.86. The molecule has 0 aromatic heterocycles. The lowest BCUT2D eigenvalue weighted by Gasteiger charge is -2.32. The predicted octanol–water partition coefficient (Wildman–Crippen LogP) is 2.74. The van der Waals surface area contributed by atoms with Gasteiger partial charge in [0.15, 0.2) is 0 Å². The molecule has 0 radical (unpaired) electrons. The van der Waals surface area contributed by atoms with E-state index in [2.05, 4.69) is 16.8 Å². The van der Waals surface area contributed by atoms with Crippen molar-refractivity contribution in [3.63, 3.8) is 0 Å². The zero-order valence-corrected chi connectivity index (χ0v) is 11.0. The Morgan fingerprint density at radius 2 is 1.38 bits per heavy atom. The molecular formula is C14H28N2. The summed E-state index contributed by atoms with van der Waals surface area (Å²) in [4.78, 5) is 5.28. The number of nitrogens with zero attached hydrogens (tertiary/aromatic N) is 2. The molecule has 0 aromatic carbocycles. The molecule has 0 amide bonds. The molecule has 0 unspecified atom stereocenters. The van der Waals surface area contributed by atoms with Gasteiger partial charge in [0.05, 0.1) is 0 Å². The van der Waals surface area contributed by atoms with Gasteiger partial charge >= 0.3 is 0 Å². The lowest BCUT2D eigenvalue weighted by atomic mass is 9.95. The highest BCUT2D eigenvalue weighted by atomic mass is 15.2. The molecule has 0 atom stereocenters. The van der Waals surface area contributed by atoms with E-state index in [1.165, 1.54) is 77.5 Å². The van der Waals surface area contributed by atoms with Gasteiger partial charge in [0.1, 0.15) is 0 Å². The van der Waals surface area contributed by atoms with E-state index in [-0.39, 0.29) is 0 Å². The Balaban J connectivity index is 1.83. The van der Waals surface area contributed by atoms with Gasteiger partial charge in [-0.05, 0) is 39.4 Å². The fourth-order valence-corrected chi connectivity index (χ4v) is 3.23. The van der Waals surface area contributed by atoms with Crippen molar-refractivity contribution in [3.05, 3.63) is 0 Å². The van der Waals surface area contributed by atoms with Crippen molar-refractivity contribution < 1.29 is 0 Å². The van der Waals surface area contributed by atoms with Gasteiger partial charge in [0, 0.05) is 19.1 Å². The summed E-state index contributed by atoms with van der Waals surface area (Å²) in [7, 11) is 2.27. The maximum atomic E-state index is 2.79. The van der Waals surface area contributed by atoms with Gasteiger partial charge in [-0.3, -0.25) is 4.90 Å². The largest absolute Gasteiger partial charge is 0.305 e. The first-order valence-electron chi connectivity index (χ1n) is 7.29. The van der Waals surface area contributed by atoms with Gasteiger partial charge < -0.3 is 4.90 Å². The molecular weight excluding hydrogens is 196 g/mol. The minimum atomic E-state index is 0.909. The summed E-state index contributed by atoms with van der Waals surface area (Å²) < 4.78 is 0. The van der Waals surface area contributed by atoms with Crippen LogP contribution in [0.15, 0.2) is 0 Å². The third-order valence-corrected chi connectivity index (χ3v) is 4.35. The van der Waals surface area contributed by atoms with Crippen LogP contribution >= 0.6 is 0 Å². The average Bonchev–Trinajstić information content (AvgIpc) is 2.43. The summed E-state index contributed by atoms with van der Waals surface area (Å²) in [6, 6.07) is 0.909. The average molecular weight is 224 g/mol. The van der Waals surface area contributed by atoms with Crippen LogP contribution < -0.4 is 0 Å². The smallest absolute Gasteiger partial charge is 0.0112 e. The molecule has 0 bridgehead atoms. The SMILES string of the molecule is CN1CCCN(C2CCCCCCC2)CC1. The molecule has 16 heavy (non-hydrogen) atoms. The highest BCUT2D eigenvalue weighted by molar-refractivity contribution is 4.77. The van der Waals surface area contributed by atoms with Crippen LogP contribution in [-0.4, -0.2) is 49.1 Å². The summed E-state index contributed by atoms with van der Waals surface area (Å²) in [5.74, 6) is 0.